The van der Waals surface area contributed by atoms with Crippen LogP contribution in [0.15, 0.2) is 42.5 Å². The van der Waals surface area contributed by atoms with Crippen molar-refractivity contribution in [3.8, 4) is 0 Å². The van der Waals surface area contributed by atoms with Gasteiger partial charge in [0, 0.05) is 28.7 Å². The van der Waals surface area contributed by atoms with E-state index in [0.29, 0.717) is 28.7 Å². The van der Waals surface area contributed by atoms with Gasteiger partial charge in [0.2, 0.25) is 10.0 Å². The highest BCUT2D eigenvalue weighted by atomic mass is 35.5. The van der Waals surface area contributed by atoms with Crippen LogP contribution < -0.4 is 0 Å². The van der Waals surface area contributed by atoms with Crippen molar-refractivity contribution in [1.29, 1.82) is 0 Å². The van der Waals surface area contributed by atoms with Gasteiger partial charge in [-0.05, 0) is 29.7 Å². The number of sulfonamides is 1. The lowest BCUT2D eigenvalue weighted by Crippen LogP contribution is -2.36. The predicted molar refractivity (Wildman–Crippen MR) is 89.6 cm³/mol. The normalized spacial score (nSPS) is 15.5. The minimum atomic E-state index is -3.46. The number of benzene rings is 2. The minimum Gasteiger partial charge on any atom is -0.212 e. The first-order valence-electron chi connectivity index (χ1n) is 6.95. The van der Waals surface area contributed by atoms with Crippen molar-refractivity contribution in [3.05, 3.63) is 69.2 Å². The summed E-state index contributed by atoms with van der Waals surface area (Å²) in [4.78, 5) is 0. The highest BCUT2D eigenvalue weighted by Gasteiger charge is 2.28. The molecule has 0 amide bonds. The van der Waals surface area contributed by atoms with Crippen molar-refractivity contribution in [1.82, 2.24) is 4.31 Å². The molecule has 2 aromatic carbocycles. The zero-order valence-electron chi connectivity index (χ0n) is 11.8. The topological polar surface area (TPSA) is 37.4 Å². The Bertz CT molecular complexity index is 785. The van der Waals surface area contributed by atoms with Gasteiger partial charge in [0.1, 0.15) is 0 Å². The van der Waals surface area contributed by atoms with Crippen molar-refractivity contribution in [2.45, 2.75) is 18.7 Å². The minimum absolute atomic E-state index is 0.173. The molecule has 0 saturated carbocycles. The molecule has 0 unspecified atom stereocenters. The summed E-state index contributed by atoms with van der Waals surface area (Å²) in [6, 6.07) is 12.9. The Kier molecular flexibility index (Phi) is 4.46. The number of nitrogens with zero attached hydrogens (tertiary/aromatic N) is 1. The van der Waals surface area contributed by atoms with Crippen molar-refractivity contribution in [2.24, 2.45) is 0 Å². The van der Waals surface area contributed by atoms with E-state index >= 15 is 0 Å². The highest BCUT2D eigenvalue weighted by molar-refractivity contribution is 7.88. The molecular formula is C16H15Cl2NO2S. The van der Waals surface area contributed by atoms with Gasteiger partial charge in [-0.2, -0.15) is 4.31 Å². The van der Waals surface area contributed by atoms with E-state index in [4.69, 9.17) is 23.2 Å². The summed E-state index contributed by atoms with van der Waals surface area (Å²) in [5.74, 6) is -0.173. The Balaban J connectivity index is 1.86. The Morgan fingerprint density at radius 2 is 1.59 bits per heavy atom. The molecule has 0 atom stereocenters. The molecular weight excluding hydrogens is 341 g/mol. The second-order valence-corrected chi connectivity index (χ2v) is 8.09. The monoisotopic (exact) mass is 355 g/mol. The molecule has 22 heavy (non-hydrogen) atoms. The van der Waals surface area contributed by atoms with E-state index in [1.54, 1.807) is 18.2 Å². The van der Waals surface area contributed by atoms with Gasteiger partial charge in [-0.1, -0.05) is 53.5 Å². The molecule has 1 aliphatic rings. The van der Waals surface area contributed by atoms with Crippen LogP contribution >= 0.6 is 23.2 Å². The van der Waals surface area contributed by atoms with Crippen LogP contribution in [0.4, 0.5) is 0 Å². The van der Waals surface area contributed by atoms with Crippen LogP contribution in [0.2, 0.25) is 10.0 Å². The second kappa shape index (κ2) is 6.20. The van der Waals surface area contributed by atoms with Gasteiger partial charge in [-0.25, -0.2) is 8.42 Å². The second-order valence-electron chi connectivity index (χ2n) is 5.31. The number of rotatable bonds is 3. The van der Waals surface area contributed by atoms with Crippen LogP contribution in [0.5, 0.6) is 0 Å². The van der Waals surface area contributed by atoms with Gasteiger partial charge >= 0.3 is 0 Å². The first-order valence-corrected chi connectivity index (χ1v) is 9.31. The Morgan fingerprint density at radius 1 is 0.955 bits per heavy atom. The first-order chi connectivity index (χ1) is 10.5. The van der Waals surface area contributed by atoms with E-state index in [0.717, 1.165) is 12.0 Å². The van der Waals surface area contributed by atoms with Crippen LogP contribution in [0.1, 0.15) is 16.7 Å². The van der Waals surface area contributed by atoms with Gasteiger partial charge < -0.3 is 0 Å². The summed E-state index contributed by atoms with van der Waals surface area (Å²) in [7, 11) is -3.46. The third-order valence-corrected chi connectivity index (χ3v) is 6.34. The largest absolute Gasteiger partial charge is 0.218 e. The summed E-state index contributed by atoms with van der Waals surface area (Å²) >= 11 is 12.2. The zero-order chi connectivity index (χ0) is 15.7. The molecule has 116 valence electrons. The molecule has 0 radical (unpaired) electrons. The SMILES string of the molecule is O=S(=O)(Cc1c(Cl)cccc1Cl)N1CCc2ccccc2C1. The fourth-order valence-corrected chi connectivity index (χ4v) is 4.90. The summed E-state index contributed by atoms with van der Waals surface area (Å²) in [5, 5.41) is 0.766. The summed E-state index contributed by atoms with van der Waals surface area (Å²) in [6.07, 6.45) is 0.728. The van der Waals surface area contributed by atoms with Gasteiger partial charge in [0.15, 0.2) is 0 Å². The van der Waals surface area contributed by atoms with Crippen LogP contribution in [-0.4, -0.2) is 19.3 Å². The highest BCUT2D eigenvalue weighted by Crippen LogP contribution is 2.29. The molecule has 2 aromatic rings. The molecule has 1 aliphatic heterocycles. The van der Waals surface area contributed by atoms with E-state index in [2.05, 4.69) is 0 Å². The average molecular weight is 356 g/mol. The molecule has 0 fully saturated rings. The Morgan fingerprint density at radius 3 is 2.27 bits per heavy atom. The lowest BCUT2D eigenvalue weighted by molar-refractivity contribution is 0.391. The molecule has 0 saturated heterocycles. The zero-order valence-corrected chi connectivity index (χ0v) is 14.1. The molecule has 1 heterocycles. The summed E-state index contributed by atoms with van der Waals surface area (Å²) in [6.45, 7) is 0.891. The van der Waals surface area contributed by atoms with Gasteiger partial charge in [-0.15, -0.1) is 0 Å². The lowest BCUT2D eigenvalue weighted by atomic mass is 10.0. The average Bonchev–Trinajstić information content (AvgIpc) is 2.50. The van der Waals surface area contributed by atoms with Gasteiger partial charge in [0.05, 0.1) is 5.75 Å². The third kappa shape index (κ3) is 3.15. The smallest absolute Gasteiger partial charge is 0.212 e. The maximum Gasteiger partial charge on any atom is 0.218 e. The van der Waals surface area contributed by atoms with Crippen LogP contribution in [0, 0.1) is 0 Å². The van der Waals surface area contributed by atoms with Gasteiger partial charge in [-0.3, -0.25) is 0 Å². The van der Waals surface area contributed by atoms with Crippen molar-refractivity contribution in [3.63, 3.8) is 0 Å². The van der Waals surface area contributed by atoms with Crippen LogP contribution in [-0.2, 0) is 28.7 Å². The molecule has 0 bridgehead atoms. The maximum absolute atomic E-state index is 12.7. The van der Waals surface area contributed by atoms with Crippen LogP contribution in [0.3, 0.4) is 0 Å². The molecule has 0 aromatic heterocycles. The van der Waals surface area contributed by atoms with E-state index < -0.39 is 10.0 Å². The van der Waals surface area contributed by atoms with E-state index in [1.807, 2.05) is 24.3 Å². The quantitative estimate of drug-likeness (QED) is 0.837. The molecule has 0 N–H and O–H groups in total. The summed E-state index contributed by atoms with van der Waals surface area (Å²) in [5.41, 5.74) is 2.73. The maximum atomic E-state index is 12.7. The van der Waals surface area contributed by atoms with Gasteiger partial charge in [0.25, 0.3) is 0 Å². The number of hydrogen-bond acceptors (Lipinski definition) is 2. The standard InChI is InChI=1S/C16H15Cl2NO2S/c17-15-6-3-7-16(18)14(15)11-22(20,21)19-9-8-12-4-1-2-5-13(12)10-19/h1-7H,8-11H2. The Labute approximate surface area is 140 Å². The number of fused-ring (bicyclic) bond motifs is 1. The van der Waals surface area contributed by atoms with E-state index in [-0.39, 0.29) is 5.75 Å². The molecule has 6 heteroatoms. The van der Waals surface area contributed by atoms with Crippen molar-refractivity contribution in [2.75, 3.05) is 6.54 Å². The molecule has 3 nitrogen and oxygen atoms in total. The lowest BCUT2D eigenvalue weighted by Gasteiger charge is -2.28. The Hall–Kier alpha value is -1.07. The van der Waals surface area contributed by atoms with Crippen LogP contribution in [0.25, 0.3) is 0 Å². The van der Waals surface area contributed by atoms with Crippen molar-refractivity contribution >= 4 is 33.2 Å². The third-order valence-electron chi connectivity index (χ3n) is 3.88. The first kappa shape index (κ1) is 15.8. The van der Waals surface area contributed by atoms with E-state index in [1.165, 1.54) is 9.87 Å². The molecule has 0 aliphatic carbocycles. The molecule has 0 spiro atoms. The fourth-order valence-electron chi connectivity index (χ4n) is 2.65. The molecule has 3 rings (SSSR count). The number of halogens is 2. The fraction of sp³-hybridized carbons (Fsp3) is 0.250. The van der Waals surface area contributed by atoms with Crippen molar-refractivity contribution < 1.29 is 8.42 Å². The summed E-state index contributed by atoms with van der Waals surface area (Å²) < 4.78 is 26.9. The van der Waals surface area contributed by atoms with E-state index in [9.17, 15) is 8.42 Å². The predicted octanol–water partition coefficient (Wildman–Crippen LogP) is 3.88. The number of hydrogen-bond donors (Lipinski definition) is 0.